The molecule has 0 atom stereocenters. The number of phenolic OH excluding ortho intramolecular Hbond substituents is 1. The minimum atomic E-state index is -0.514. The van der Waals surface area contributed by atoms with Gasteiger partial charge in [-0.3, -0.25) is 14.9 Å². The van der Waals surface area contributed by atoms with Crippen LogP contribution in [0.25, 0.3) is 0 Å². The Morgan fingerprint density at radius 1 is 1.23 bits per heavy atom. The third-order valence-electron chi connectivity index (χ3n) is 2.83. The van der Waals surface area contributed by atoms with Gasteiger partial charge in [-0.1, -0.05) is 24.3 Å². The fourth-order valence-corrected chi connectivity index (χ4v) is 1.78. The summed E-state index contributed by atoms with van der Waals surface area (Å²) in [7, 11) is 0. The van der Waals surface area contributed by atoms with E-state index in [0.29, 0.717) is 5.56 Å². The molecule has 0 aliphatic heterocycles. The number of aromatic hydroxyl groups is 1. The highest BCUT2D eigenvalue weighted by molar-refractivity contribution is 5.86. The zero-order chi connectivity index (χ0) is 15.9. The van der Waals surface area contributed by atoms with Crippen molar-refractivity contribution in [3.05, 3.63) is 69.8 Å². The number of hydrogen-bond donors (Lipinski definition) is 2. The van der Waals surface area contributed by atoms with Crippen molar-refractivity contribution in [3.8, 4) is 5.75 Å². The van der Waals surface area contributed by atoms with Crippen LogP contribution in [0.15, 0.2) is 53.6 Å². The van der Waals surface area contributed by atoms with E-state index in [4.69, 9.17) is 5.11 Å². The van der Waals surface area contributed by atoms with Crippen LogP contribution in [0.1, 0.15) is 11.1 Å². The molecule has 0 fully saturated rings. The minimum Gasteiger partial charge on any atom is -0.508 e. The van der Waals surface area contributed by atoms with Crippen molar-refractivity contribution < 1.29 is 14.8 Å². The molecule has 7 nitrogen and oxygen atoms in total. The molecule has 2 rings (SSSR count). The number of nitro groups is 1. The summed E-state index contributed by atoms with van der Waals surface area (Å²) in [6.45, 7) is 0. The summed E-state index contributed by atoms with van der Waals surface area (Å²) in [5.41, 5.74) is 3.24. The van der Waals surface area contributed by atoms with Gasteiger partial charge in [-0.05, 0) is 23.8 Å². The third-order valence-corrected chi connectivity index (χ3v) is 2.83. The second-order valence-electron chi connectivity index (χ2n) is 4.45. The Hall–Kier alpha value is -3.22. The van der Waals surface area contributed by atoms with Gasteiger partial charge in [-0.15, -0.1) is 0 Å². The van der Waals surface area contributed by atoms with E-state index < -0.39 is 4.92 Å². The molecule has 2 N–H and O–H groups in total. The minimum absolute atomic E-state index is 0.0842. The van der Waals surface area contributed by atoms with E-state index in [1.807, 2.05) is 0 Å². The molecule has 1 amide bonds. The van der Waals surface area contributed by atoms with Crippen LogP contribution in [0.4, 0.5) is 5.69 Å². The number of hydrazone groups is 1. The van der Waals surface area contributed by atoms with Crippen LogP contribution in [0.3, 0.4) is 0 Å². The first-order valence-corrected chi connectivity index (χ1v) is 6.39. The number of nitrogens with zero attached hydrogens (tertiary/aromatic N) is 2. The fourth-order valence-electron chi connectivity index (χ4n) is 1.78. The second-order valence-corrected chi connectivity index (χ2v) is 4.45. The van der Waals surface area contributed by atoms with E-state index in [-0.39, 0.29) is 23.8 Å². The largest absolute Gasteiger partial charge is 0.508 e. The third kappa shape index (κ3) is 4.14. The number of amides is 1. The summed E-state index contributed by atoms with van der Waals surface area (Å²) in [6.07, 6.45) is 1.32. The van der Waals surface area contributed by atoms with Gasteiger partial charge in [-0.25, -0.2) is 5.43 Å². The normalized spacial score (nSPS) is 10.5. The second kappa shape index (κ2) is 6.98. The number of para-hydroxylation sites is 1. The van der Waals surface area contributed by atoms with E-state index >= 15 is 0 Å². The summed E-state index contributed by atoms with van der Waals surface area (Å²) < 4.78 is 0. The molecule has 112 valence electrons. The van der Waals surface area contributed by atoms with Crippen LogP contribution < -0.4 is 5.43 Å². The fraction of sp³-hybridized carbons (Fsp3) is 0.0667. The molecule has 0 aliphatic rings. The molecule has 2 aromatic rings. The lowest BCUT2D eigenvalue weighted by Crippen LogP contribution is -2.19. The Balaban J connectivity index is 1.96. The van der Waals surface area contributed by atoms with Gasteiger partial charge in [0.15, 0.2) is 0 Å². The number of benzene rings is 2. The summed E-state index contributed by atoms with van der Waals surface area (Å²) in [5.74, 6) is -0.237. The molecular weight excluding hydrogens is 286 g/mol. The Kier molecular flexibility index (Phi) is 4.81. The molecule has 0 aliphatic carbocycles. The van der Waals surface area contributed by atoms with Crippen molar-refractivity contribution in [2.75, 3.05) is 0 Å². The average Bonchev–Trinajstić information content (AvgIpc) is 2.50. The number of carbonyl (C=O) groups is 1. The predicted molar refractivity (Wildman–Crippen MR) is 80.6 cm³/mol. The first-order valence-electron chi connectivity index (χ1n) is 6.39. The summed E-state index contributed by atoms with van der Waals surface area (Å²) in [6, 6.07) is 12.3. The van der Waals surface area contributed by atoms with Crippen molar-refractivity contribution >= 4 is 17.8 Å². The lowest BCUT2D eigenvalue weighted by Gasteiger charge is -2.01. The van der Waals surface area contributed by atoms with Crippen molar-refractivity contribution in [1.82, 2.24) is 5.43 Å². The first kappa shape index (κ1) is 15.2. The van der Waals surface area contributed by atoms with Gasteiger partial charge in [0, 0.05) is 6.07 Å². The maximum atomic E-state index is 11.7. The molecule has 0 spiro atoms. The molecule has 0 saturated carbocycles. The lowest BCUT2D eigenvalue weighted by atomic mass is 10.1. The van der Waals surface area contributed by atoms with Gasteiger partial charge in [0.1, 0.15) is 5.75 Å². The van der Waals surface area contributed by atoms with Gasteiger partial charge in [0.05, 0.1) is 23.1 Å². The van der Waals surface area contributed by atoms with E-state index in [9.17, 15) is 14.9 Å². The van der Waals surface area contributed by atoms with Crippen LogP contribution in [0.5, 0.6) is 5.75 Å². The smallest absolute Gasteiger partial charge is 0.278 e. The highest BCUT2D eigenvalue weighted by Crippen LogP contribution is 2.15. The quantitative estimate of drug-likeness (QED) is 0.500. The standard InChI is InChI=1S/C15H13N3O4/c19-13-7-5-11(6-8-13)9-15(20)17-16-10-12-3-1-2-4-14(12)18(21)22/h1-8,10,19H,9H2,(H,17,20)/b16-10-. The topological polar surface area (TPSA) is 105 Å². The summed E-state index contributed by atoms with van der Waals surface area (Å²) in [5, 5.41) is 23.7. The van der Waals surface area contributed by atoms with Crippen molar-refractivity contribution in [2.45, 2.75) is 6.42 Å². The lowest BCUT2D eigenvalue weighted by molar-refractivity contribution is -0.385. The first-order chi connectivity index (χ1) is 10.6. The Morgan fingerprint density at radius 2 is 1.91 bits per heavy atom. The number of phenols is 1. The highest BCUT2D eigenvalue weighted by atomic mass is 16.6. The maximum Gasteiger partial charge on any atom is 0.278 e. The number of nitrogens with one attached hydrogen (secondary N) is 1. The molecule has 0 heterocycles. The molecule has 22 heavy (non-hydrogen) atoms. The average molecular weight is 299 g/mol. The van der Waals surface area contributed by atoms with Crippen LogP contribution in [0.2, 0.25) is 0 Å². The SMILES string of the molecule is O=C(Cc1ccc(O)cc1)N/N=C\c1ccccc1[N+](=O)[O-]. The highest BCUT2D eigenvalue weighted by Gasteiger charge is 2.10. The maximum absolute atomic E-state index is 11.7. The molecular formula is C15H13N3O4. The molecule has 0 aromatic heterocycles. The monoisotopic (exact) mass is 299 g/mol. The van der Waals surface area contributed by atoms with Crippen molar-refractivity contribution in [3.63, 3.8) is 0 Å². The van der Waals surface area contributed by atoms with Gasteiger partial charge >= 0.3 is 0 Å². The van der Waals surface area contributed by atoms with E-state index in [2.05, 4.69) is 10.5 Å². The summed E-state index contributed by atoms with van der Waals surface area (Å²) >= 11 is 0. The Labute approximate surface area is 126 Å². The van der Waals surface area contributed by atoms with Gasteiger partial charge < -0.3 is 5.11 Å². The zero-order valence-electron chi connectivity index (χ0n) is 11.5. The molecule has 7 heteroatoms. The molecule has 0 unspecified atom stereocenters. The van der Waals surface area contributed by atoms with Crippen LogP contribution >= 0.6 is 0 Å². The number of carbonyl (C=O) groups excluding carboxylic acids is 1. The number of nitro benzene ring substituents is 1. The van der Waals surface area contributed by atoms with Gasteiger partial charge in [0.25, 0.3) is 5.69 Å². The molecule has 0 bridgehead atoms. The zero-order valence-corrected chi connectivity index (χ0v) is 11.5. The van der Waals surface area contributed by atoms with E-state index in [1.165, 1.54) is 30.5 Å². The molecule has 0 radical (unpaired) electrons. The van der Waals surface area contributed by atoms with Crippen LogP contribution in [-0.2, 0) is 11.2 Å². The van der Waals surface area contributed by atoms with E-state index in [0.717, 1.165) is 5.56 Å². The summed E-state index contributed by atoms with van der Waals surface area (Å²) in [4.78, 5) is 22.0. The molecule has 2 aromatic carbocycles. The van der Waals surface area contributed by atoms with Crippen LogP contribution in [0, 0.1) is 10.1 Å². The Bertz CT molecular complexity index is 711. The van der Waals surface area contributed by atoms with Gasteiger partial charge in [0.2, 0.25) is 5.91 Å². The van der Waals surface area contributed by atoms with Crippen molar-refractivity contribution in [2.24, 2.45) is 5.10 Å². The van der Waals surface area contributed by atoms with Gasteiger partial charge in [-0.2, -0.15) is 5.10 Å². The number of rotatable bonds is 5. The number of hydrogen-bond acceptors (Lipinski definition) is 5. The van der Waals surface area contributed by atoms with Crippen molar-refractivity contribution in [1.29, 1.82) is 0 Å². The van der Waals surface area contributed by atoms with E-state index in [1.54, 1.807) is 24.3 Å². The molecule has 0 saturated heterocycles. The Morgan fingerprint density at radius 3 is 2.59 bits per heavy atom. The predicted octanol–water partition coefficient (Wildman–Crippen LogP) is 1.99. The van der Waals surface area contributed by atoms with Crippen LogP contribution in [-0.4, -0.2) is 22.2 Å².